The molecule has 0 bridgehead atoms. The van der Waals surface area contributed by atoms with E-state index in [2.05, 4.69) is 27.2 Å². The second-order valence-electron chi connectivity index (χ2n) is 4.66. The lowest BCUT2D eigenvalue weighted by Gasteiger charge is -2.08. The van der Waals surface area contributed by atoms with Crippen molar-refractivity contribution in [3.8, 4) is 0 Å². The van der Waals surface area contributed by atoms with E-state index < -0.39 is 0 Å². The normalized spacial score (nSPS) is 10.1. The average molecular weight is 300 g/mol. The largest absolute Gasteiger partial charge is 0.351 e. The number of carbonyl (C=O) groups is 1. The van der Waals surface area contributed by atoms with E-state index in [4.69, 9.17) is 0 Å². The number of benzene rings is 1. The molecular formula is C16H17FN4O. The fraction of sp³-hybridized carbons (Fsp3) is 0.188. The summed E-state index contributed by atoms with van der Waals surface area (Å²) in [7, 11) is 0. The van der Waals surface area contributed by atoms with E-state index >= 15 is 0 Å². The summed E-state index contributed by atoms with van der Waals surface area (Å²) < 4.78 is 13.5. The number of nitrogens with one attached hydrogen (secondary N) is 2. The lowest BCUT2D eigenvalue weighted by molar-refractivity contribution is 0.0945. The van der Waals surface area contributed by atoms with Crippen molar-refractivity contribution in [3.63, 3.8) is 0 Å². The molecule has 0 radical (unpaired) electrons. The minimum Gasteiger partial charge on any atom is -0.351 e. The van der Waals surface area contributed by atoms with Gasteiger partial charge in [0.05, 0.1) is 0 Å². The summed E-state index contributed by atoms with van der Waals surface area (Å²) in [6.45, 7) is 5.97. The van der Waals surface area contributed by atoms with Crippen molar-refractivity contribution in [2.24, 2.45) is 0 Å². The molecule has 2 N–H and O–H groups in total. The molecule has 1 aromatic heterocycles. The third-order valence-corrected chi connectivity index (χ3v) is 2.89. The summed E-state index contributed by atoms with van der Waals surface area (Å²) in [6.07, 6.45) is 1.67. The van der Waals surface area contributed by atoms with Crippen LogP contribution in [0.25, 0.3) is 0 Å². The van der Waals surface area contributed by atoms with Crippen molar-refractivity contribution in [3.05, 3.63) is 65.8 Å². The van der Waals surface area contributed by atoms with Gasteiger partial charge in [-0.05, 0) is 19.1 Å². The summed E-state index contributed by atoms with van der Waals surface area (Å²) in [5, 5.41) is 5.58. The first-order valence-corrected chi connectivity index (χ1v) is 6.82. The topological polar surface area (TPSA) is 66.9 Å². The maximum atomic E-state index is 13.5. The SMILES string of the molecule is C=CCNc1nc(C)cc(C(=O)NCc2ccccc2F)n1. The quantitative estimate of drug-likeness (QED) is 0.804. The molecule has 0 aliphatic carbocycles. The molecule has 0 atom stereocenters. The fourth-order valence-electron chi connectivity index (χ4n) is 1.84. The highest BCUT2D eigenvalue weighted by Gasteiger charge is 2.11. The van der Waals surface area contributed by atoms with Gasteiger partial charge < -0.3 is 10.6 Å². The first-order chi connectivity index (χ1) is 10.6. The lowest BCUT2D eigenvalue weighted by atomic mass is 10.2. The summed E-state index contributed by atoms with van der Waals surface area (Å²) in [5.74, 6) is -0.374. The molecule has 6 heteroatoms. The number of rotatable bonds is 6. The van der Waals surface area contributed by atoms with Gasteiger partial charge in [0.1, 0.15) is 11.5 Å². The summed E-state index contributed by atoms with van der Waals surface area (Å²) in [4.78, 5) is 20.4. The zero-order chi connectivity index (χ0) is 15.9. The molecule has 0 aliphatic rings. The molecule has 1 amide bonds. The predicted octanol–water partition coefficient (Wildman–Crippen LogP) is 2.45. The third kappa shape index (κ3) is 4.12. The Morgan fingerprint density at radius 1 is 1.36 bits per heavy atom. The molecule has 0 saturated heterocycles. The van der Waals surface area contributed by atoms with Crippen LogP contribution in [0.2, 0.25) is 0 Å². The molecule has 22 heavy (non-hydrogen) atoms. The lowest BCUT2D eigenvalue weighted by Crippen LogP contribution is -2.25. The van der Waals surface area contributed by atoms with Gasteiger partial charge in [-0.25, -0.2) is 14.4 Å². The molecule has 1 heterocycles. The number of carbonyl (C=O) groups excluding carboxylic acids is 1. The van der Waals surface area contributed by atoms with Gasteiger partial charge in [-0.3, -0.25) is 4.79 Å². The number of aromatic nitrogens is 2. The number of halogens is 1. The van der Waals surface area contributed by atoms with Gasteiger partial charge in [-0.1, -0.05) is 24.3 Å². The van der Waals surface area contributed by atoms with Crippen molar-refractivity contribution < 1.29 is 9.18 Å². The second-order valence-corrected chi connectivity index (χ2v) is 4.66. The van der Waals surface area contributed by atoms with Crippen LogP contribution in [-0.4, -0.2) is 22.4 Å². The second kappa shape index (κ2) is 7.31. The van der Waals surface area contributed by atoms with E-state index in [0.29, 0.717) is 23.8 Å². The number of anilines is 1. The number of amides is 1. The van der Waals surface area contributed by atoms with Crippen LogP contribution in [0.15, 0.2) is 43.0 Å². The molecule has 2 rings (SSSR count). The Morgan fingerprint density at radius 2 is 2.14 bits per heavy atom. The van der Waals surface area contributed by atoms with Gasteiger partial charge in [0.15, 0.2) is 0 Å². The highest BCUT2D eigenvalue weighted by molar-refractivity contribution is 5.92. The molecule has 114 valence electrons. The monoisotopic (exact) mass is 300 g/mol. The number of hydrogen-bond donors (Lipinski definition) is 2. The molecule has 0 unspecified atom stereocenters. The van der Waals surface area contributed by atoms with Gasteiger partial charge in [-0.2, -0.15) is 0 Å². The van der Waals surface area contributed by atoms with Gasteiger partial charge in [-0.15, -0.1) is 6.58 Å². The molecule has 1 aromatic carbocycles. The summed E-state index contributed by atoms with van der Waals surface area (Å²) >= 11 is 0. The van der Waals surface area contributed by atoms with E-state index in [1.165, 1.54) is 6.07 Å². The van der Waals surface area contributed by atoms with E-state index in [9.17, 15) is 9.18 Å². The Bertz CT molecular complexity index is 688. The van der Waals surface area contributed by atoms with E-state index in [1.807, 2.05) is 0 Å². The summed E-state index contributed by atoms with van der Waals surface area (Å²) in [5.41, 5.74) is 1.32. The summed E-state index contributed by atoms with van der Waals surface area (Å²) in [6, 6.07) is 7.88. The zero-order valence-electron chi connectivity index (χ0n) is 12.3. The van der Waals surface area contributed by atoms with Crippen LogP contribution in [-0.2, 0) is 6.54 Å². The molecule has 2 aromatic rings. The molecule has 0 aliphatic heterocycles. The smallest absolute Gasteiger partial charge is 0.270 e. The van der Waals surface area contributed by atoms with Crippen molar-refractivity contribution in [1.82, 2.24) is 15.3 Å². The van der Waals surface area contributed by atoms with Crippen molar-refractivity contribution >= 4 is 11.9 Å². The molecular weight excluding hydrogens is 283 g/mol. The van der Waals surface area contributed by atoms with Gasteiger partial charge in [0.2, 0.25) is 5.95 Å². The van der Waals surface area contributed by atoms with Gasteiger partial charge >= 0.3 is 0 Å². The van der Waals surface area contributed by atoms with Gasteiger partial charge in [0, 0.05) is 24.3 Å². The first-order valence-electron chi connectivity index (χ1n) is 6.82. The Labute approximate surface area is 128 Å². The van der Waals surface area contributed by atoms with Crippen LogP contribution in [0.5, 0.6) is 0 Å². The molecule has 0 saturated carbocycles. The van der Waals surface area contributed by atoms with E-state index in [0.717, 1.165) is 0 Å². The van der Waals surface area contributed by atoms with Gasteiger partial charge in [0.25, 0.3) is 5.91 Å². The van der Waals surface area contributed by atoms with Crippen molar-refractivity contribution in [2.75, 3.05) is 11.9 Å². The highest BCUT2D eigenvalue weighted by atomic mass is 19.1. The van der Waals surface area contributed by atoms with Crippen molar-refractivity contribution in [1.29, 1.82) is 0 Å². The Morgan fingerprint density at radius 3 is 2.86 bits per heavy atom. The van der Waals surface area contributed by atoms with Crippen LogP contribution >= 0.6 is 0 Å². The minimum atomic E-state index is -0.379. The van der Waals surface area contributed by atoms with Crippen LogP contribution < -0.4 is 10.6 Å². The van der Waals surface area contributed by atoms with Crippen LogP contribution in [0.3, 0.4) is 0 Å². The predicted molar refractivity (Wildman–Crippen MR) is 83.0 cm³/mol. The average Bonchev–Trinajstić information content (AvgIpc) is 2.51. The maximum absolute atomic E-state index is 13.5. The van der Waals surface area contributed by atoms with Crippen LogP contribution in [0.1, 0.15) is 21.7 Å². The molecule has 0 fully saturated rings. The van der Waals surface area contributed by atoms with Crippen LogP contribution in [0, 0.1) is 12.7 Å². The zero-order valence-corrected chi connectivity index (χ0v) is 12.3. The van der Waals surface area contributed by atoms with Crippen LogP contribution in [0.4, 0.5) is 10.3 Å². The maximum Gasteiger partial charge on any atom is 0.270 e. The first kappa shape index (κ1) is 15.6. The number of nitrogens with zero attached hydrogens (tertiary/aromatic N) is 2. The molecule has 0 spiro atoms. The minimum absolute atomic E-state index is 0.101. The number of aryl methyl sites for hydroxylation is 1. The molecule has 5 nitrogen and oxygen atoms in total. The van der Waals surface area contributed by atoms with E-state index in [1.54, 1.807) is 37.3 Å². The Kier molecular flexibility index (Phi) is 5.19. The van der Waals surface area contributed by atoms with Crippen molar-refractivity contribution in [2.45, 2.75) is 13.5 Å². The standard InChI is InChI=1S/C16H17FN4O/c1-3-8-18-16-20-11(2)9-14(21-16)15(22)19-10-12-6-4-5-7-13(12)17/h3-7,9H,1,8,10H2,2H3,(H,19,22)(H,18,20,21). The highest BCUT2D eigenvalue weighted by Crippen LogP contribution is 2.08. The Balaban J connectivity index is 2.07. The fourth-order valence-corrected chi connectivity index (χ4v) is 1.84. The third-order valence-electron chi connectivity index (χ3n) is 2.89. The number of hydrogen-bond acceptors (Lipinski definition) is 4. The Hall–Kier alpha value is -2.76. The van der Waals surface area contributed by atoms with E-state index in [-0.39, 0.29) is 24.0 Å².